The Morgan fingerprint density at radius 1 is 1.31 bits per heavy atom. The van der Waals surface area contributed by atoms with Crippen molar-refractivity contribution in [3.05, 3.63) is 23.8 Å². The van der Waals surface area contributed by atoms with Crippen LogP contribution >= 0.6 is 12.4 Å². The number of methoxy groups -OCH3 is 1. The normalized spacial score (nSPS) is 23.3. The van der Waals surface area contributed by atoms with Crippen molar-refractivity contribution in [2.24, 2.45) is 0 Å². The number of carbonyl (C=O) groups is 1. The molecule has 0 bridgehead atoms. The van der Waals surface area contributed by atoms with E-state index in [-0.39, 0.29) is 47.1 Å². The lowest BCUT2D eigenvalue weighted by atomic mass is 10.1. The number of rotatable bonds is 5. The molecule has 1 aromatic carbocycles. The highest BCUT2D eigenvalue weighted by molar-refractivity contribution is 7.89. The van der Waals surface area contributed by atoms with Gasteiger partial charge in [-0.1, -0.05) is 0 Å². The van der Waals surface area contributed by atoms with Gasteiger partial charge in [-0.25, -0.2) is 13.1 Å². The summed E-state index contributed by atoms with van der Waals surface area (Å²) < 4.78 is 33.0. The Hall–Kier alpha value is -1.35. The highest BCUT2D eigenvalue weighted by atomic mass is 35.5. The lowest BCUT2D eigenvalue weighted by Gasteiger charge is -2.38. The van der Waals surface area contributed by atoms with Crippen molar-refractivity contribution in [3.63, 3.8) is 0 Å². The fourth-order valence-corrected chi connectivity index (χ4v) is 4.51. The van der Waals surface area contributed by atoms with Gasteiger partial charge in [0.2, 0.25) is 10.0 Å². The zero-order valence-corrected chi connectivity index (χ0v) is 16.8. The highest BCUT2D eigenvalue weighted by Gasteiger charge is 2.32. The molecule has 2 N–H and O–H groups in total. The maximum absolute atomic E-state index is 12.9. The van der Waals surface area contributed by atoms with E-state index in [0.29, 0.717) is 12.1 Å². The maximum atomic E-state index is 12.9. The minimum atomic E-state index is -3.71. The molecule has 9 heteroatoms. The number of amides is 1. The average Bonchev–Trinajstić information content (AvgIpc) is 3.39. The second-order valence-corrected chi connectivity index (χ2v) is 8.43. The lowest BCUT2D eigenvalue weighted by molar-refractivity contribution is 0.0602. The van der Waals surface area contributed by atoms with E-state index >= 15 is 0 Å². The molecule has 1 heterocycles. The molecule has 146 valence electrons. The second kappa shape index (κ2) is 8.12. The molecule has 0 spiro atoms. The Bertz CT molecular complexity index is 767. The molecular formula is C17H26ClN3O4S. The van der Waals surface area contributed by atoms with Crippen LogP contribution in [0.4, 0.5) is 0 Å². The van der Waals surface area contributed by atoms with Crippen LogP contribution in [0.1, 0.15) is 37.0 Å². The predicted molar refractivity (Wildman–Crippen MR) is 102 cm³/mol. The number of nitrogens with one attached hydrogen (secondary N) is 2. The highest BCUT2D eigenvalue weighted by Crippen LogP contribution is 2.29. The van der Waals surface area contributed by atoms with Gasteiger partial charge in [0.05, 0.1) is 7.11 Å². The molecule has 0 aromatic heterocycles. The van der Waals surface area contributed by atoms with E-state index in [1.807, 2.05) is 13.8 Å². The standard InChI is InChI=1S/C17H25N3O4S.ClH/c1-11-12(2)20(9-8-18-11)17(21)13-4-7-15(24-3)16(10-13)25(22,23)19-14-5-6-14;/h4,7,10-12,14,18-19H,5-6,8-9H2,1-3H3;1H. The molecule has 3 rings (SSSR count). The number of hydrogen-bond acceptors (Lipinski definition) is 5. The van der Waals surface area contributed by atoms with Crippen LogP contribution in [-0.2, 0) is 10.0 Å². The van der Waals surface area contributed by atoms with E-state index in [1.54, 1.807) is 17.0 Å². The molecule has 1 aromatic rings. The van der Waals surface area contributed by atoms with Gasteiger partial charge >= 0.3 is 0 Å². The van der Waals surface area contributed by atoms with Gasteiger partial charge in [0.15, 0.2) is 0 Å². The van der Waals surface area contributed by atoms with E-state index < -0.39 is 10.0 Å². The van der Waals surface area contributed by atoms with E-state index in [0.717, 1.165) is 19.4 Å². The van der Waals surface area contributed by atoms with Crippen molar-refractivity contribution >= 4 is 28.3 Å². The molecule has 7 nitrogen and oxygen atoms in total. The molecule has 2 unspecified atom stereocenters. The third-order valence-electron chi connectivity index (χ3n) is 4.89. The van der Waals surface area contributed by atoms with Crippen molar-refractivity contribution in [1.29, 1.82) is 0 Å². The zero-order valence-electron chi connectivity index (χ0n) is 15.2. The van der Waals surface area contributed by atoms with E-state index in [4.69, 9.17) is 4.74 Å². The van der Waals surface area contributed by atoms with Crippen LogP contribution in [-0.4, -0.2) is 57.5 Å². The number of benzene rings is 1. The van der Waals surface area contributed by atoms with E-state index in [9.17, 15) is 13.2 Å². The predicted octanol–water partition coefficient (Wildman–Crippen LogP) is 1.38. The van der Waals surface area contributed by atoms with Crippen molar-refractivity contribution in [2.75, 3.05) is 20.2 Å². The molecule has 1 saturated carbocycles. The largest absolute Gasteiger partial charge is 0.495 e. The van der Waals surface area contributed by atoms with Gasteiger partial charge in [-0.15, -0.1) is 12.4 Å². The number of carbonyl (C=O) groups excluding carboxylic acids is 1. The molecule has 1 amide bonds. The molecular weight excluding hydrogens is 378 g/mol. The minimum Gasteiger partial charge on any atom is -0.495 e. The van der Waals surface area contributed by atoms with Crippen LogP contribution in [0, 0.1) is 0 Å². The number of sulfonamides is 1. The van der Waals surface area contributed by atoms with E-state index in [1.165, 1.54) is 13.2 Å². The fourth-order valence-electron chi connectivity index (χ4n) is 3.01. The molecule has 1 aliphatic carbocycles. The summed E-state index contributed by atoms with van der Waals surface area (Å²) in [6.45, 7) is 5.35. The van der Waals surface area contributed by atoms with Gasteiger partial charge in [-0.2, -0.15) is 0 Å². The summed E-state index contributed by atoms with van der Waals surface area (Å²) in [6.07, 6.45) is 1.69. The first kappa shape index (κ1) is 21.0. The van der Waals surface area contributed by atoms with Crippen molar-refractivity contribution in [3.8, 4) is 5.75 Å². The molecule has 2 aliphatic rings. The molecule has 2 fully saturated rings. The third kappa shape index (κ3) is 4.31. The number of halogens is 1. The van der Waals surface area contributed by atoms with Gasteiger partial charge in [-0.05, 0) is 44.9 Å². The van der Waals surface area contributed by atoms with Crippen LogP contribution < -0.4 is 14.8 Å². The third-order valence-corrected chi connectivity index (χ3v) is 6.44. The first-order valence-electron chi connectivity index (χ1n) is 8.58. The van der Waals surface area contributed by atoms with Gasteiger partial charge in [0.25, 0.3) is 5.91 Å². The Morgan fingerprint density at radius 3 is 2.62 bits per heavy atom. The monoisotopic (exact) mass is 403 g/mol. The van der Waals surface area contributed by atoms with Gasteiger partial charge in [0.1, 0.15) is 10.6 Å². The molecule has 1 saturated heterocycles. The van der Waals surface area contributed by atoms with Crippen LogP contribution in [0.25, 0.3) is 0 Å². The molecule has 0 radical (unpaired) electrons. The Morgan fingerprint density at radius 2 is 2.00 bits per heavy atom. The minimum absolute atomic E-state index is 0. The topological polar surface area (TPSA) is 87.7 Å². The summed E-state index contributed by atoms with van der Waals surface area (Å²) in [5.74, 6) is 0.0813. The lowest BCUT2D eigenvalue weighted by Crippen LogP contribution is -2.57. The Kier molecular flexibility index (Phi) is 6.55. The van der Waals surface area contributed by atoms with Crippen LogP contribution in [0.3, 0.4) is 0 Å². The molecule has 1 aliphatic heterocycles. The Labute approximate surface area is 160 Å². The van der Waals surface area contributed by atoms with Crippen LogP contribution in [0.5, 0.6) is 5.75 Å². The average molecular weight is 404 g/mol. The summed E-state index contributed by atoms with van der Waals surface area (Å²) in [5.41, 5.74) is 0.359. The summed E-state index contributed by atoms with van der Waals surface area (Å²) in [6, 6.07) is 4.80. The summed E-state index contributed by atoms with van der Waals surface area (Å²) in [7, 11) is -2.29. The second-order valence-electron chi connectivity index (χ2n) is 6.74. The van der Waals surface area contributed by atoms with Crippen molar-refractivity contribution in [1.82, 2.24) is 14.9 Å². The first-order valence-corrected chi connectivity index (χ1v) is 10.1. The first-order chi connectivity index (χ1) is 11.8. The molecule has 2 atom stereocenters. The number of hydrogen-bond donors (Lipinski definition) is 2. The van der Waals surface area contributed by atoms with Gasteiger partial charge < -0.3 is 15.0 Å². The van der Waals surface area contributed by atoms with Crippen molar-refractivity contribution in [2.45, 2.75) is 49.7 Å². The van der Waals surface area contributed by atoms with Crippen LogP contribution in [0.2, 0.25) is 0 Å². The van der Waals surface area contributed by atoms with Gasteiger partial charge in [-0.3, -0.25) is 4.79 Å². The van der Waals surface area contributed by atoms with Crippen LogP contribution in [0.15, 0.2) is 23.1 Å². The van der Waals surface area contributed by atoms with E-state index in [2.05, 4.69) is 10.0 Å². The van der Waals surface area contributed by atoms with Gasteiger partial charge in [0, 0.05) is 36.8 Å². The summed E-state index contributed by atoms with van der Waals surface area (Å²) in [4.78, 5) is 14.7. The quantitative estimate of drug-likeness (QED) is 0.775. The smallest absolute Gasteiger partial charge is 0.254 e. The number of nitrogens with zero attached hydrogens (tertiary/aromatic N) is 1. The summed E-state index contributed by atoms with van der Waals surface area (Å²) >= 11 is 0. The summed E-state index contributed by atoms with van der Waals surface area (Å²) in [5, 5.41) is 3.33. The Balaban J connectivity index is 0.00000243. The zero-order chi connectivity index (χ0) is 18.2. The molecule has 26 heavy (non-hydrogen) atoms. The SMILES string of the molecule is COc1ccc(C(=O)N2CCNC(C)C2C)cc1S(=O)(=O)NC1CC1.Cl. The number of piperazine rings is 1. The van der Waals surface area contributed by atoms with Crippen molar-refractivity contribution < 1.29 is 17.9 Å². The maximum Gasteiger partial charge on any atom is 0.254 e. The fraction of sp³-hybridized carbons (Fsp3) is 0.588. The number of ether oxygens (including phenoxy) is 1.